The molecule has 0 amide bonds. The SMILES string of the molecule is COc1cccc(-c2nc(CN3CCN(S(=O)(=O)N(C)C4CCCCC4)CC3)cs2)c1. The Balaban J connectivity index is 1.32. The summed E-state index contributed by atoms with van der Waals surface area (Å²) in [5.74, 6) is 0.824. The number of hydrogen-bond acceptors (Lipinski definition) is 6. The minimum Gasteiger partial charge on any atom is -0.497 e. The van der Waals surface area contributed by atoms with Crippen molar-refractivity contribution in [3.8, 4) is 16.3 Å². The van der Waals surface area contributed by atoms with E-state index in [1.807, 2.05) is 24.3 Å². The van der Waals surface area contributed by atoms with Crippen LogP contribution in [0, 0.1) is 0 Å². The Hall–Kier alpha value is -1.52. The van der Waals surface area contributed by atoms with Crippen LogP contribution >= 0.6 is 11.3 Å². The van der Waals surface area contributed by atoms with Crippen LogP contribution in [-0.2, 0) is 16.8 Å². The van der Waals surface area contributed by atoms with Crippen LogP contribution in [-0.4, -0.2) is 73.3 Å². The third-order valence-electron chi connectivity index (χ3n) is 6.36. The van der Waals surface area contributed by atoms with Gasteiger partial charge in [-0.05, 0) is 25.0 Å². The van der Waals surface area contributed by atoms with E-state index in [1.165, 1.54) is 6.42 Å². The Morgan fingerprint density at radius 3 is 2.61 bits per heavy atom. The molecule has 170 valence electrons. The third-order valence-corrected chi connectivity index (χ3v) is 9.35. The molecule has 1 aromatic heterocycles. The van der Waals surface area contributed by atoms with Crippen molar-refractivity contribution in [2.75, 3.05) is 40.3 Å². The van der Waals surface area contributed by atoms with E-state index in [9.17, 15) is 8.42 Å². The van der Waals surface area contributed by atoms with Gasteiger partial charge >= 0.3 is 0 Å². The lowest BCUT2D eigenvalue weighted by Crippen LogP contribution is -2.54. The van der Waals surface area contributed by atoms with Crippen molar-refractivity contribution in [3.63, 3.8) is 0 Å². The van der Waals surface area contributed by atoms with Gasteiger partial charge in [-0.2, -0.15) is 17.0 Å². The van der Waals surface area contributed by atoms with E-state index in [-0.39, 0.29) is 6.04 Å². The molecule has 2 heterocycles. The number of piperazine rings is 1. The summed E-state index contributed by atoms with van der Waals surface area (Å²) < 4.78 is 34.7. The van der Waals surface area contributed by atoms with E-state index in [4.69, 9.17) is 9.72 Å². The largest absolute Gasteiger partial charge is 0.497 e. The summed E-state index contributed by atoms with van der Waals surface area (Å²) in [6.07, 6.45) is 5.44. The van der Waals surface area contributed by atoms with Gasteiger partial charge in [-0.1, -0.05) is 31.4 Å². The van der Waals surface area contributed by atoms with E-state index < -0.39 is 10.2 Å². The second-order valence-corrected chi connectivity index (χ2v) is 11.2. The summed E-state index contributed by atoms with van der Waals surface area (Å²) in [5.41, 5.74) is 2.08. The van der Waals surface area contributed by atoms with Gasteiger partial charge in [-0.3, -0.25) is 4.90 Å². The molecule has 0 bridgehead atoms. The molecule has 1 aromatic carbocycles. The Kier molecular flexibility index (Phi) is 7.28. The first kappa shape index (κ1) is 22.7. The van der Waals surface area contributed by atoms with Crippen LogP contribution in [0.1, 0.15) is 37.8 Å². The van der Waals surface area contributed by atoms with Crippen LogP contribution in [0.5, 0.6) is 5.75 Å². The zero-order valence-corrected chi connectivity index (χ0v) is 20.0. The number of benzene rings is 1. The van der Waals surface area contributed by atoms with Gasteiger partial charge in [-0.25, -0.2) is 4.98 Å². The Labute approximate surface area is 189 Å². The highest BCUT2D eigenvalue weighted by molar-refractivity contribution is 7.86. The van der Waals surface area contributed by atoms with Crippen LogP contribution in [0.3, 0.4) is 0 Å². The Bertz CT molecular complexity index is 965. The van der Waals surface area contributed by atoms with Gasteiger partial charge in [0.2, 0.25) is 0 Å². The molecule has 2 aliphatic rings. The first-order valence-corrected chi connectivity index (χ1v) is 13.3. The molecule has 1 aliphatic carbocycles. The maximum absolute atomic E-state index is 13.1. The number of ether oxygens (including phenoxy) is 1. The highest BCUT2D eigenvalue weighted by Crippen LogP contribution is 2.28. The van der Waals surface area contributed by atoms with Gasteiger partial charge in [0.25, 0.3) is 10.2 Å². The van der Waals surface area contributed by atoms with Crippen molar-refractivity contribution in [3.05, 3.63) is 35.3 Å². The third kappa shape index (κ3) is 5.28. The van der Waals surface area contributed by atoms with Crippen molar-refractivity contribution >= 4 is 21.5 Å². The first-order valence-electron chi connectivity index (χ1n) is 11.0. The van der Waals surface area contributed by atoms with E-state index in [1.54, 1.807) is 34.1 Å². The normalized spacial score (nSPS) is 19.7. The van der Waals surface area contributed by atoms with E-state index >= 15 is 0 Å². The predicted octanol–water partition coefficient (Wildman–Crippen LogP) is 3.45. The molecular formula is C22H32N4O3S2. The number of nitrogens with zero attached hydrogens (tertiary/aromatic N) is 4. The molecule has 0 unspecified atom stereocenters. The summed E-state index contributed by atoms with van der Waals surface area (Å²) in [7, 11) is 0.0409. The van der Waals surface area contributed by atoms with Gasteiger partial charge in [0.15, 0.2) is 0 Å². The summed E-state index contributed by atoms with van der Waals surface area (Å²) in [5, 5.41) is 3.07. The average molecular weight is 465 g/mol. The van der Waals surface area contributed by atoms with E-state index in [0.29, 0.717) is 13.1 Å². The summed E-state index contributed by atoms with van der Waals surface area (Å²) in [6.45, 7) is 3.26. The predicted molar refractivity (Wildman–Crippen MR) is 125 cm³/mol. The number of aromatic nitrogens is 1. The number of hydrogen-bond donors (Lipinski definition) is 0. The second-order valence-electron chi connectivity index (χ2n) is 8.37. The minimum atomic E-state index is -3.38. The minimum absolute atomic E-state index is 0.154. The monoisotopic (exact) mass is 464 g/mol. The van der Waals surface area contributed by atoms with Crippen LogP contribution in [0.15, 0.2) is 29.6 Å². The molecule has 9 heteroatoms. The second kappa shape index (κ2) is 9.95. The average Bonchev–Trinajstić information content (AvgIpc) is 3.28. The van der Waals surface area contributed by atoms with Crippen molar-refractivity contribution in [1.82, 2.24) is 18.5 Å². The van der Waals surface area contributed by atoms with Crippen LogP contribution < -0.4 is 4.74 Å². The molecule has 1 saturated heterocycles. The lowest BCUT2D eigenvalue weighted by Gasteiger charge is -2.38. The molecule has 0 radical (unpaired) electrons. The fourth-order valence-electron chi connectivity index (χ4n) is 4.43. The van der Waals surface area contributed by atoms with Crippen LogP contribution in [0.4, 0.5) is 0 Å². The molecule has 0 spiro atoms. The molecular weight excluding hydrogens is 432 g/mol. The maximum Gasteiger partial charge on any atom is 0.282 e. The quantitative estimate of drug-likeness (QED) is 0.628. The number of methoxy groups -OCH3 is 1. The smallest absolute Gasteiger partial charge is 0.282 e. The highest BCUT2D eigenvalue weighted by atomic mass is 32.2. The van der Waals surface area contributed by atoms with Gasteiger partial charge in [0, 0.05) is 56.8 Å². The lowest BCUT2D eigenvalue weighted by atomic mass is 9.96. The zero-order valence-electron chi connectivity index (χ0n) is 18.4. The van der Waals surface area contributed by atoms with Crippen molar-refractivity contribution in [1.29, 1.82) is 0 Å². The molecule has 2 aromatic rings. The standard InChI is InChI=1S/C22H32N4O3S2/c1-24(20-8-4-3-5-9-20)31(27,28)26-13-11-25(12-14-26)16-19-17-30-22(23-19)18-7-6-10-21(15-18)29-2/h6-7,10,15,17,20H,3-5,8-9,11-14,16H2,1-2H3. The molecule has 7 nitrogen and oxygen atoms in total. The lowest BCUT2D eigenvalue weighted by molar-refractivity contribution is 0.169. The molecule has 31 heavy (non-hydrogen) atoms. The summed E-state index contributed by atoms with van der Waals surface area (Å²) >= 11 is 1.63. The summed E-state index contributed by atoms with van der Waals surface area (Å²) in [4.78, 5) is 7.08. The summed E-state index contributed by atoms with van der Waals surface area (Å²) in [6, 6.07) is 8.09. The molecule has 1 saturated carbocycles. The molecule has 0 N–H and O–H groups in total. The first-order chi connectivity index (χ1) is 15.0. The zero-order chi connectivity index (χ0) is 21.8. The Morgan fingerprint density at radius 2 is 1.90 bits per heavy atom. The fourth-order valence-corrected chi connectivity index (χ4v) is 6.82. The molecule has 1 aliphatic heterocycles. The van der Waals surface area contributed by atoms with Gasteiger partial charge in [0.05, 0.1) is 12.8 Å². The molecule has 0 atom stereocenters. The van der Waals surface area contributed by atoms with Crippen molar-refractivity contribution in [2.45, 2.75) is 44.7 Å². The van der Waals surface area contributed by atoms with Gasteiger partial charge in [-0.15, -0.1) is 11.3 Å². The van der Waals surface area contributed by atoms with Gasteiger partial charge in [0.1, 0.15) is 10.8 Å². The van der Waals surface area contributed by atoms with Crippen molar-refractivity contribution in [2.24, 2.45) is 0 Å². The number of rotatable bonds is 7. The fraction of sp³-hybridized carbons (Fsp3) is 0.591. The topological polar surface area (TPSA) is 66.0 Å². The van der Waals surface area contributed by atoms with Crippen LogP contribution in [0.2, 0.25) is 0 Å². The van der Waals surface area contributed by atoms with Crippen molar-refractivity contribution < 1.29 is 13.2 Å². The highest BCUT2D eigenvalue weighted by Gasteiger charge is 2.34. The van der Waals surface area contributed by atoms with E-state index in [0.717, 1.165) is 67.3 Å². The Morgan fingerprint density at radius 1 is 1.16 bits per heavy atom. The van der Waals surface area contributed by atoms with Crippen LogP contribution in [0.25, 0.3) is 10.6 Å². The molecule has 4 rings (SSSR count). The van der Waals surface area contributed by atoms with Gasteiger partial charge < -0.3 is 4.74 Å². The maximum atomic E-state index is 13.1. The number of thiazole rings is 1. The van der Waals surface area contributed by atoms with E-state index in [2.05, 4.69) is 10.3 Å². The molecule has 2 fully saturated rings.